The maximum Gasteiger partial charge on any atom is 0.274 e. The van der Waals surface area contributed by atoms with Gasteiger partial charge in [0.15, 0.2) is 0 Å². The van der Waals surface area contributed by atoms with Gasteiger partial charge in [0.1, 0.15) is 22.7 Å². The third kappa shape index (κ3) is 4.20. The van der Waals surface area contributed by atoms with Crippen molar-refractivity contribution in [1.29, 1.82) is 0 Å². The van der Waals surface area contributed by atoms with E-state index in [4.69, 9.17) is 0 Å². The van der Waals surface area contributed by atoms with Crippen molar-refractivity contribution in [1.82, 2.24) is 30.0 Å². The van der Waals surface area contributed by atoms with Crippen LogP contribution >= 0.6 is 11.3 Å². The van der Waals surface area contributed by atoms with Crippen LogP contribution in [0.3, 0.4) is 0 Å². The van der Waals surface area contributed by atoms with Crippen molar-refractivity contribution >= 4 is 33.1 Å². The molecule has 4 heterocycles. The average molecular weight is 502 g/mol. The van der Waals surface area contributed by atoms with Crippen LogP contribution in [0.15, 0.2) is 42.3 Å². The number of thiophene rings is 1. The molecule has 4 aromatic heterocycles. The van der Waals surface area contributed by atoms with E-state index in [0.29, 0.717) is 17.3 Å². The molecule has 0 radical (unpaired) electrons. The van der Waals surface area contributed by atoms with E-state index in [2.05, 4.69) is 43.8 Å². The molecule has 4 aromatic rings. The molecule has 0 unspecified atom stereocenters. The highest BCUT2D eigenvalue weighted by Crippen LogP contribution is 2.51. The number of amides is 1. The van der Waals surface area contributed by atoms with Crippen LogP contribution in [0.2, 0.25) is 0 Å². The Bertz CT molecular complexity index is 1400. The molecule has 9 heteroatoms. The monoisotopic (exact) mass is 501 g/mol. The Morgan fingerprint density at radius 3 is 2.83 bits per heavy atom. The first-order valence-electron chi connectivity index (χ1n) is 12.7. The van der Waals surface area contributed by atoms with Gasteiger partial charge in [0, 0.05) is 25.2 Å². The molecular formula is C27H31N7OS. The molecule has 186 valence electrons. The predicted octanol–water partition coefficient (Wildman–Crippen LogP) is 4.68. The number of aromatic nitrogens is 5. The fourth-order valence-corrected chi connectivity index (χ4v) is 6.56. The Kier molecular flexibility index (Phi) is 6.05. The van der Waals surface area contributed by atoms with Crippen molar-refractivity contribution in [2.45, 2.75) is 51.0 Å². The standard InChI is InChI=1S/C27H31N7OS/c1-17-10-27(11-17,26-33-30-16-34(26)2)20-9-21(15-29-14-20)31-24(35)23-8-19(13-28-12-18-4-3-5-18)22-6-7-36-25(22)32-23/h6-9,14-18,28H,3-5,10-13H2,1-2H3,(H,31,35). The largest absolute Gasteiger partial charge is 0.320 e. The van der Waals surface area contributed by atoms with Crippen molar-refractivity contribution in [3.05, 3.63) is 64.9 Å². The molecule has 0 saturated heterocycles. The third-order valence-electron chi connectivity index (χ3n) is 7.81. The lowest BCUT2D eigenvalue weighted by atomic mass is 9.59. The molecule has 0 spiro atoms. The minimum atomic E-state index is -0.230. The summed E-state index contributed by atoms with van der Waals surface area (Å²) in [5.74, 6) is 2.10. The van der Waals surface area contributed by atoms with Crippen LogP contribution < -0.4 is 10.6 Å². The number of carbonyl (C=O) groups excluding carboxylic acids is 1. The zero-order valence-corrected chi connectivity index (χ0v) is 21.5. The van der Waals surface area contributed by atoms with Crippen LogP contribution in [-0.2, 0) is 19.0 Å². The van der Waals surface area contributed by atoms with Crippen molar-refractivity contribution in [2.24, 2.45) is 18.9 Å². The molecule has 2 saturated carbocycles. The fourth-order valence-electron chi connectivity index (χ4n) is 5.75. The molecule has 0 atom stereocenters. The van der Waals surface area contributed by atoms with Gasteiger partial charge < -0.3 is 15.2 Å². The van der Waals surface area contributed by atoms with Crippen LogP contribution in [0.4, 0.5) is 5.69 Å². The van der Waals surface area contributed by atoms with Gasteiger partial charge in [-0.25, -0.2) is 4.98 Å². The van der Waals surface area contributed by atoms with Crippen LogP contribution in [-0.4, -0.2) is 37.2 Å². The highest BCUT2D eigenvalue weighted by atomic mass is 32.1. The van der Waals surface area contributed by atoms with Gasteiger partial charge in [-0.1, -0.05) is 13.3 Å². The number of anilines is 1. The number of hydrogen-bond acceptors (Lipinski definition) is 7. The molecule has 6 rings (SSSR count). The lowest BCUT2D eigenvalue weighted by molar-refractivity contribution is 0.102. The summed E-state index contributed by atoms with van der Waals surface area (Å²) in [6.07, 6.45) is 11.2. The first-order chi connectivity index (χ1) is 17.5. The molecule has 0 bridgehead atoms. The summed E-state index contributed by atoms with van der Waals surface area (Å²) in [5.41, 5.74) is 3.03. The summed E-state index contributed by atoms with van der Waals surface area (Å²) in [5, 5.41) is 18.3. The van der Waals surface area contributed by atoms with Crippen molar-refractivity contribution in [3.63, 3.8) is 0 Å². The number of fused-ring (bicyclic) bond motifs is 1. The average Bonchev–Trinajstić information content (AvgIpc) is 3.47. The molecule has 0 aliphatic heterocycles. The van der Waals surface area contributed by atoms with Gasteiger partial charge in [0.05, 0.1) is 17.3 Å². The normalized spacial score (nSPS) is 21.8. The van der Waals surface area contributed by atoms with Crippen molar-refractivity contribution in [3.8, 4) is 0 Å². The van der Waals surface area contributed by atoms with E-state index in [1.807, 2.05) is 35.3 Å². The number of pyridine rings is 2. The van der Waals surface area contributed by atoms with Crippen LogP contribution in [0.5, 0.6) is 0 Å². The van der Waals surface area contributed by atoms with Crippen LogP contribution in [0, 0.1) is 11.8 Å². The van der Waals surface area contributed by atoms with E-state index in [-0.39, 0.29) is 11.3 Å². The maximum absolute atomic E-state index is 13.3. The molecule has 1 amide bonds. The summed E-state index contributed by atoms with van der Waals surface area (Å²) >= 11 is 1.56. The second kappa shape index (κ2) is 9.37. The molecule has 8 nitrogen and oxygen atoms in total. The SMILES string of the molecule is CC1CC(c2cncc(NC(=O)c3cc(CNCC4CCC4)c4ccsc4n3)c2)(c2nncn2C)C1. The van der Waals surface area contributed by atoms with E-state index < -0.39 is 0 Å². The van der Waals surface area contributed by atoms with Gasteiger partial charge >= 0.3 is 0 Å². The number of hydrogen-bond donors (Lipinski definition) is 2. The molecule has 2 aliphatic carbocycles. The van der Waals surface area contributed by atoms with Gasteiger partial charge in [-0.05, 0) is 78.8 Å². The topological polar surface area (TPSA) is 97.6 Å². The number of nitrogens with zero attached hydrogens (tertiary/aromatic N) is 5. The maximum atomic E-state index is 13.3. The number of rotatable bonds is 8. The third-order valence-corrected chi connectivity index (χ3v) is 8.62. The second-order valence-corrected chi connectivity index (χ2v) is 11.4. The molecule has 0 aromatic carbocycles. The predicted molar refractivity (Wildman–Crippen MR) is 141 cm³/mol. The molecule has 2 aliphatic rings. The lowest BCUT2D eigenvalue weighted by Crippen LogP contribution is -2.43. The summed E-state index contributed by atoms with van der Waals surface area (Å²) in [7, 11) is 1.98. The first kappa shape index (κ1) is 23.2. The van der Waals surface area contributed by atoms with E-state index in [1.165, 1.54) is 19.3 Å². The van der Waals surface area contributed by atoms with E-state index in [9.17, 15) is 4.79 Å². The van der Waals surface area contributed by atoms with Crippen LogP contribution in [0.25, 0.3) is 10.2 Å². The minimum Gasteiger partial charge on any atom is -0.320 e. The zero-order chi connectivity index (χ0) is 24.7. The lowest BCUT2D eigenvalue weighted by Gasteiger charge is -2.45. The number of carbonyl (C=O) groups is 1. The second-order valence-electron chi connectivity index (χ2n) is 10.5. The fraction of sp³-hybridized carbons (Fsp3) is 0.444. The Balaban J connectivity index is 1.23. The highest BCUT2D eigenvalue weighted by molar-refractivity contribution is 7.16. The Morgan fingerprint density at radius 2 is 2.11 bits per heavy atom. The van der Waals surface area contributed by atoms with Gasteiger partial charge in [-0.15, -0.1) is 21.5 Å². The molecule has 2 fully saturated rings. The van der Waals surface area contributed by atoms with E-state index >= 15 is 0 Å². The zero-order valence-electron chi connectivity index (χ0n) is 20.7. The van der Waals surface area contributed by atoms with E-state index in [0.717, 1.165) is 59.0 Å². The first-order valence-corrected chi connectivity index (χ1v) is 13.6. The van der Waals surface area contributed by atoms with Gasteiger partial charge in [0.25, 0.3) is 5.91 Å². The Morgan fingerprint density at radius 1 is 1.25 bits per heavy atom. The molecule has 2 N–H and O–H groups in total. The molecule has 36 heavy (non-hydrogen) atoms. The van der Waals surface area contributed by atoms with Crippen LogP contribution in [0.1, 0.15) is 66.5 Å². The van der Waals surface area contributed by atoms with Gasteiger partial charge in [-0.3, -0.25) is 9.78 Å². The highest BCUT2D eigenvalue weighted by Gasteiger charge is 2.48. The quantitative estimate of drug-likeness (QED) is 0.364. The summed E-state index contributed by atoms with van der Waals surface area (Å²) in [4.78, 5) is 23.3. The summed E-state index contributed by atoms with van der Waals surface area (Å²) in [6.45, 7) is 4.01. The summed E-state index contributed by atoms with van der Waals surface area (Å²) in [6, 6.07) is 6.04. The Labute approximate surface area is 214 Å². The smallest absolute Gasteiger partial charge is 0.274 e. The summed E-state index contributed by atoms with van der Waals surface area (Å²) < 4.78 is 1.98. The Hall–Kier alpha value is -3.17. The van der Waals surface area contributed by atoms with Gasteiger partial charge in [-0.2, -0.15) is 0 Å². The number of nitrogens with one attached hydrogen (secondary N) is 2. The van der Waals surface area contributed by atoms with Crippen molar-refractivity contribution in [2.75, 3.05) is 11.9 Å². The van der Waals surface area contributed by atoms with Gasteiger partial charge in [0.2, 0.25) is 0 Å². The molecular weight excluding hydrogens is 470 g/mol. The van der Waals surface area contributed by atoms with E-state index in [1.54, 1.807) is 23.9 Å². The minimum absolute atomic E-state index is 0.223. The number of aryl methyl sites for hydroxylation is 1. The van der Waals surface area contributed by atoms with Crippen molar-refractivity contribution < 1.29 is 4.79 Å².